The van der Waals surface area contributed by atoms with Crippen LogP contribution < -0.4 is 10.9 Å². The highest BCUT2D eigenvalue weighted by Gasteiger charge is 2.15. The summed E-state index contributed by atoms with van der Waals surface area (Å²) in [7, 11) is 1.57. The Hall–Kier alpha value is -3.48. The van der Waals surface area contributed by atoms with Crippen molar-refractivity contribution in [3.8, 4) is 11.4 Å². The summed E-state index contributed by atoms with van der Waals surface area (Å²) >= 11 is 0. The molecule has 0 spiro atoms. The van der Waals surface area contributed by atoms with E-state index in [1.165, 1.54) is 0 Å². The van der Waals surface area contributed by atoms with Crippen LogP contribution in [0, 0.1) is 0 Å². The van der Waals surface area contributed by atoms with E-state index in [0.717, 1.165) is 5.56 Å². The van der Waals surface area contributed by atoms with Gasteiger partial charge >= 0.3 is 0 Å². The van der Waals surface area contributed by atoms with Gasteiger partial charge in [0.05, 0.1) is 11.0 Å². The molecule has 0 aliphatic carbocycles. The second-order valence-corrected chi connectivity index (χ2v) is 5.31. The first-order chi connectivity index (χ1) is 11.7. The molecule has 1 amide bonds. The molecule has 7 heteroatoms. The van der Waals surface area contributed by atoms with E-state index in [1.807, 2.05) is 30.3 Å². The van der Waals surface area contributed by atoms with Gasteiger partial charge in [-0.1, -0.05) is 30.3 Å². The Labute approximate surface area is 136 Å². The summed E-state index contributed by atoms with van der Waals surface area (Å²) in [5.74, 6) is 0.348. The lowest BCUT2D eigenvalue weighted by Crippen LogP contribution is -2.18. The van der Waals surface area contributed by atoms with Gasteiger partial charge in [-0.25, -0.2) is 0 Å². The molecule has 0 saturated heterocycles. The van der Waals surface area contributed by atoms with Gasteiger partial charge in [-0.2, -0.15) is 0 Å². The Morgan fingerprint density at radius 3 is 2.67 bits per heavy atom. The van der Waals surface area contributed by atoms with Gasteiger partial charge in [0.1, 0.15) is 0 Å². The average molecular weight is 319 g/mol. The number of benzene rings is 2. The van der Waals surface area contributed by atoms with Crippen molar-refractivity contribution in [2.45, 2.75) is 0 Å². The number of rotatable bonds is 2. The van der Waals surface area contributed by atoms with Crippen molar-refractivity contribution >= 4 is 22.6 Å². The number of aromatic nitrogens is 4. The second-order valence-electron chi connectivity index (χ2n) is 5.31. The normalized spacial score (nSPS) is 11.0. The summed E-state index contributed by atoms with van der Waals surface area (Å²) in [6.45, 7) is 0. The average Bonchev–Trinajstić information content (AvgIpc) is 3.08. The van der Waals surface area contributed by atoms with Crippen molar-refractivity contribution in [2.24, 2.45) is 0 Å². The van der Waals surface area contributed by atoms with Gasteiger partial charge in [-0.15, -0.1) is 10.2 Å². The number of aromatic amines is 1. The molecule has 0 radical (unpaired) electrons. The lowest BCUT2D eigenvalue weighted by molar-refractivity contribution is 0.0963. The molecule has 0 aliphatic rings. The van der Waals surface area contributed by atoms with Crippen molar-refractivity contribution in [3.63, 3.8) is 0 Å². The minimum absolute atomic E-state index is 0.190. The first kappa shape index (κ1) is 14.1. The van der Waals surface area contributed by atoms with E-state index >= 15 is 0 Å². The van der Waals surface area contributed by atoms with Gasteiger partial charge in [-0.3, -0.25) is 14.0 Å². The third-order valence-electron chi connectivity index (χ3n) is 3.87. The first-order valence-corrected chi connectivity index (χ1v) is 7.37. The van der Waals surface area contributed by atoms with Crippen molar-refractivity contribution in [1.82, 2.24) is 24.9 Å². The number of nitrogens with one attached hydrogen (secondary N) is 2. The highest BCUT2D eigenvalue weighted by molar-refractivity contribution is 5.97. The van der Waals surface area contributed by atoms with Crippen molar-refractivity contribution in [1.29, 1.82) is 0 Å². The van der Waals surface area contributed by atoms with E-state index < -0.39 is 0 Å². The molecule has 7 nitrogen and oxygen atoms in total. The highest BCUT2D eigenvalue weighted by atomic mass is 16.1. The summed E-state index contributed by atoms with van der Waals surface area (Å²) in [5.41, 5.74) is 2.46. The third kappa shape index (κ3) is 2.06. The summed E-state index contributed by atoms with van der Waals surface area (Å²) < 4.78 is 1.68. The number of carbonyl (C=O) groups is 1. The van der Waals surface area contributed by atoms with E-state index in [9.17, 15) is 9.59 Å². The maximum atomic E-state index is 12.3. The lowest BCUT2D eigenvalue weighted by Gasteiger charge is -2.07. The third-order valence-corrected chi connectivity index (χ3v) is 3.87. The molecular formula is C17H13N5O2. The molecule has 2 aromatic carbocycles. The molecule has 0 atom stereocenters. The van der Waals surface area contributed by atoms with Crippen LogP contribution in [0.25, 0.3) is 28.1 Å². The molecule has 2 N–H and O–H groups in total. The zero-order valence-electron chi connectivity index (χ0n) is 12.8. The molecule has 0 unspecified atom stereocenters. The van der Waals surface area contributed by atoms with Crippen LogP contribution in [0.15, 0.2) is 53.3 Å². The zero-order valence-corrected chi connectivity index (χ0v) is 12.8. The van der Waals surface area contributed by atoms with Crippen molar-refractivity contribution in [3.05, 3.63) is 64.4 Å². The van der Waals surface area contributed by atoms with Crippen LogP contribution in [0.1, 0.15) is 10.4 Å². The van der Waals surface area contributed by atoms with Crippen LogP contribution in [-0.2, 0) is 0 Å². The zero-order chi connectivity index (χ0) is 16.7. The number of nitrogens with zero attached hydrogens (tertiary/aromatic N) is 3. The van der Waals surface area contributed by atoms with E-state index in [-0.39, 0.29) is 17.1 Å². The summed E-state index contributed by atoms with van der Waals surface area (Å²) in [5, 5.41) is 10.8. The van der Waals surface area contributed by atoms with Crippen LogP contribution in [0.5, 0.6) is 0 Å². The molecule has 0 bridgehead atoms. The summed E-state index contributed by atoms with van der Waals surface area (Å²) in [6.07, 6.45) is 0. The molecule has 2 heterocycles. The Balaban J connectivity index is 2.12. The number of amides is 1. The molecule has 0 fully saturated rings. The number of hydrogen-bond donors (Lipinski definition) is 2. The van der Waals surface area contributed by atoms with Crippen LogP contribution in [0.2, 0.25) is 0 Å². The van der Waals surface area contributed by atoms with Gasteiger partial charge in [0.2, 0.25) is 5.65 Å². The van der Waals surface area contributed by atoms with Gasteiger partial charge in [-0.05, 0) is 18.2 Å². The van der Waals surface area contributed by atoms with Crippen LogP contribution in [0.3, 0.4) is 0 Å². The van der Waals surface area contributed by atoms with E-state index in [2.05, 4.69) is 20.5 Å². The summed E-state index contributed by atoms with van der Waals surface area (Å²) in [4.78, 5) is 27.0. The number of fused-ring (bicyclic) bond motifs is 3. The molecule has 118 valence electrons. The largest absolute Gasteiger partial charge is 0.355 e. The number of H-pyrrole nitrogens is 1. The number of hydrogen-bond acceptors (Lipinski definition) is 4. The standard InChI is InChI=1S/C17H13N5O2/c1-18-16(23)11-7-8-12-13(9-11)22-14(10-5-3-2-4-6-10)20-21-15(22)17(24)19-12/h2-9H,1H3,(H,18,23)(H,19,24). The topological polar surface area (TPSA) is 92.1 Å². The molecule has 4 aromatic rings. The van der Waals surface area contributed by atoms with E-state index in [4.69, 9.17) is 0 Å². The predicted molar refractivity (Wildman–Crippen MR) is 89.9 cm³/mol. The highest BCUT2D eigenvalue weighted by Crippen LogP contribution is 2.21. The second kappa shape index (κ2) is 5.31. The Morgan fingerprint density at radius 2 is 1.92 bits per heavy atom. The fourth-order valence-electron chi connectivity index (χ4n) is 2.72. The monoisotopic (exact) mass is 319 g/mol. The van der Waals surface area contributed by atoms with Gasteiger partial charge in [0, 0.05) is 18.2 Å². The van der Waals surface area contributed by atoms with Gasteiger partial charge < -0.3 is 10.3 Å². The van der Waals surface area contributed by atoms with Crippen LogP contribution in [0.4, 0.5) is 0 Å². The quantitative estimate of drug-likeness (QED) is 0.587. The molecule has 24 heavy (non-hydrogen) atoms. The Morgan fingerprint density at radius 1 is 1.12 bits per heavy atom. The predicted octanol–water partition coefficient (Wildman–Crippen LogP) is 1.60. The van der Waals surface area contributed by atoms with E-state index in [0.29, 0.717) is 22.4 Å². The van der Waals surface area contributed by atoms with Gasteiger partial charge in [0.25, 0.3) is 11.5 Å². The first-order valence-electron chi connectivity index (χ1n) is 7.37. The van der Waals surface area contributed by atoms with E-state index in [1.54, 1.807) is 29.6 Å². The molecule has 4 rings (SSSR count). The Bertz CT molecular complexity index is 1130. The lowest BCUT2D eigenvalue weighted by atomic mass is 10.1. The summed E-state index contributed by atoms with van der Waals surface area (Å²) in [6, 6.07) is 14.6. The molecule has 0 saturated carbocycles. The van der Waals surface area contributed by atoms with Crippen molar-refractivity contribution < 1.29 is 4.79 Å². The maximum Gasteiger partial charge on any atom is 0.294 e. The van der Waals surface area contributed by atoms with Crippen LogP contribution >= 0.6 is 0 Å². The Kier molecular flexibility index (Phi) is 3.13. The molecule has 2 aromatic heterocycles. The van der Waals surface area contributed by atoms with Crippen LogP contribution in [-0.4, -0.2) is 32.5 Å². The molecular weight excluding hydrogens is 306 g/mol. The smallest absolute Gasteiger partial charge is 0.294 e. The van der Waals surface area contributed by atoms with Gasteiger partial charge in [0.15, 0.2) is 5.82 Å². The minimum atomic E-state index is -0.329. The maximum absolute atomic E-state index is 12.3. The SMILES string of the molecule is CNC(=O)c1ccc2[nH]c(=O)c3nnc(-c4ccccc4)n3c2c1. The fourth-order valence-corrected chi connectivity index (χ4v) is 2.72. The molecule has 0 aliphatic heterocycles. The fraction of sp³-hybridized carbons (Fsp3) is 0.0588. The number of carbonyl (C=O) groups excluding carboxylic acids is 1. The minimum Gasteiger partial charge on any atom is -0.355 e. The van der Waals surface area contributed by atoms with Crippen molar-refractivity contribution in [2.75, 3.05) is 7.05 Å².